The fourth-order valence-corrected chi connectivity index (χ4v) is 5.92. The van der Waals surface area contributed by atoms with Gasteiger partial charge in [-0.1, -0.05) is 48.0 Å². The molecule has 0 aromatic carbocycles. The summed E-state index contributed by atoms with van der Waals surface area (Å²) in [5.41, 5.74) is 0.185. The van der Waals surface area contributed by atoms with Crippen LogP contribution in [0.5, 0.6) is 0 Å². The van der Waals surface area contributed by atoms with Gasteiger partial charge in [-0.05, 0) is 36.4 Å². The average molecular weight is 311 g/mol. The van der Waals surface area contributed by atoms with Crippen molar-refractivity contribution in [1.29, 1.82) is 0 Å². The lowest BCUT2D eigenvalue weighted by atomic mass is 9.57. The van der Waals surface area contributed by atoms with Crippen molar-refractivity contribution in [2.24, 2.45) is 16.7 Å². The summed E-state index contributed by atoms with van der Waals surface area (Å²) < 4.78 is 6.72. The first-order valence-corrected chi connectivity index (χ1v) is 11.4. The Morgan fingerprint density at radius 1 is 1.14 bits per heavy atom. The van der Waals surface area contributed by atoms with Gasteiger partial charge in [0.05, 0.1) is 6.10 Å². The Hall–Kier alpha value is -0.153. The molecule has 0 amide bonds. The van der Waals surface area contributed by atoms with E-state index in [9.17, 15) is 4.79 Å². The fraction of sp³-hybridized carbons (Fsp3) is 0.944. The van der Waals surface area contributed by atoms with E-state index in [2.05, 4.69) is 54.6 Å². The maximum atomic E-state index is 12.7. The molecule has 122 valence electrons. The van der Waals surface area contributed by atoms with E-state index >= 15 is 0 Å². The monoisotopic (exact) mass is 310 g/mol. The van der Waals surface area contributed by atoms with Gasteiger partial charge in [0.1, 0.15) is 5.78 Å². The highest BCUT2D eigenvalue weighted by Gasteiger charge is 2.60. The lowest BCUT2D eigenvalue weighted by molar-refractivity contribution is -0.129. The molecule has 0 radical (unpaired) electrons. The number of carbonyl (C=O) groups is 1. The van der Waals surface area contributed by atoms with Crippen molar-refractivity contribution in [1.82, 2.24) is 0 Å². The summed E-state index contributed by atoms with van der Waals surface area (Å²) in [5, 5.41) is 0.203. The van der Waals surface area contributed by atoms with Gasteiger partial charge in [-0.3, -0.25) is 4.79 Å². The zero-order valence-electron chi connectivity index (χ0n) is 15.3. The fourth-order valence-electron chi connectivity index (χ4n) is 4.50. The van der Waals surface area contributed by atoms with Gasteiger partial charge >= 0.3 is 0 Å². The van der Waals surface area contributed by atoms with Crippen LogP contribution < -0.4 is 0 Å². The van der Waals surface area contributed by atoms with Crippen LogP contribution >= 0.6 is 0 Å². The van der Waals surface area contributed by atoms with Crippen LogP contribution in [0.25, 0.3) is 0 Å². The van der Waals surface area contributed by atoms with Crippen LogP contribution in [0.1, 0.15) is 67.2 Å². The van der Waals surface area contributed by atoms with E-state index in [1.54, 1.807) is 0 Å². The molecule has 0 aliphatic heterocycles. The predicted octanol–water partition coefficient (Wildman–Crippen LogP) is 5.18. The van der Waals surface area contributed by atoms with Gasteiger partial charge < -0.3 is 4.43 Å². The van der Waals surface area contributed by atoms with Gasteiger partial charge in [-0.2, -0.15) is 0 Å². The van der Waals surface area contributed by atoms with Crippen LogP contribution in [0.15, 0.2) is 0 Å². The largest absolute Gasteiger partial charge is 0.413 e. The second-order valence-corrected chi connectivity index (χ2v) is 14.6. The molecular formula is C18H34O2Si. The molecule has 0 saturated heterocycles. The van der Waals surface area contributed by atoms with Gasteiger partial charge in [0, 0.05) is 17.8 Å². The molecule has 0 heterocycles. The molecule has 2 aliphatic rings. The Kier molecular flexibility index (Phi) is 4.03. The third kappa shape index (κ3) is 2.76. The second-order valence-electron chi connectivity index (χ2n) is 9.82. The minimum atomic E-state index is -1.82. The van der Waals surface area contributed by atoms with Crippen molar-refractivity contribution < 1.29 is 9.22 Å². The number of fused-ring (bicyclic) bond motifs is 1. The Morgan fingerprint density at radius 2 is 1.71 bits per heavy atom. The highest BCUT2D eigenvalue weighted by molar-refractivity contribution is 6.74. The van der Waals surface area contributed by atoms with E-state index in [-0.39, 0.29) is 27.9 Å². The van der Waals surface area contributed by atoms with Crippen molar-refractivity contribution in [3.8, 4) is 0 Å². The normalized spacial score (nSPS) is 36.7. The summed E-state index contributed by atoms with van der Waals surface area (Å²) in [7, 11) is -1.82. The Labute approximate surface area is 132 Å². The predicted molar refractivity (Wildman–Crippen MR) is 90.9 cm³/mol. The standard InChI is InChI=1S/C18H34O2Si/c1-16(2,3)21(7,8)20-14-12-13(19)15-17(4,5)10-9-11-18(14,15)6/h14-15H,9-12H2,1-8H3/t14-,15+,18+/m0/s1. The maximum Gasteiger partial charge on any atom is 0.192 e. The first-order chi connectivity index (χ1) is 9.31. The molecule has 0 unspecified atom stereocenters. The molecule has 3 atom stereocenters. The van der Waals surface area contributed by atoms with Crippen molar-refractivity contribution in [3.63, 3.8) is 0 Å². The summed E-state index contributed by atoms with van der Waals surface area (Å²) in [6.45, 7) is 18.3. The van der Waals surface area contributed by atoms with Crippen LogP contribution in [0.3, 0.4) is 0 Å². The number of ketones is 1. The second kappa shape index (κ2) is 4.92. The molecule has 0 spiro atoms. The molecule has 2 rings (SSSR count). The van der Waals surface area contributed by atoms with Crippen LogP contribution in [-0.4, -0.2) is 20.2 Å². The molecule has 0 N–H and O–H groups in total. The third-order valence-corrected chi connectivity index (χ3v) is 11.2. The Morgan fingerprint density at radius 3 is 2.24 bits per heavy atom. The Balaban J connectivity index is 2.30. The molecule has 0 bridgehead atoms. The maximum absolute atomic E-state index is 12.7. The molecular weight excluding hydrogens is 276 g/mol. The smallest absolute Gasteiger partial charge is 0.192 e. The van der Waals surface area contributed by atoms with Gasteiger partial charge in [-0.15, -0.1) is 0 Å². The highest BCUT2D eigenvalue weighted by atomic mass is 28.4. The van der Waals surface area contributed by atoms with E-state index in [0.717, 1.165) is 6.42 Å². The summed E-state index contributed by atoms with van der Waals surface area (Å²) in [5.74, 6) is 0.638. The first-order valence-electron chi connectivity index (χ1n) is 8.52. The summed E-state index contributed by atoms with van der Waals surface area (Å²) >= 11 is 0. The molecule has 21 heavy (non-hydrogen) atoms. The van der Waals surface area contributed by atoms with Crippen molar-refractivity contribution >= 4 is 14.1 Å². The Bertz CT molecular complexity index is 433. The van der Waals surface area contributed by atoms with Gasteiger partial charge in [0.15, 0.2) is 8.32 Å². The third-order valence-electron chi connectivity index (χ3n) is 6.66. The SMILES string of the molecule is CC1(C)CCC[C@]2(C)[C@@H](O[Si](C)(C)C(C)(C)C)CC(=O)[C@H]12. The molecule has 2 aliphatic carbocycles. The number of hydrogen-bond acceptors (Lipinski definition) is 2. The summed E-state index contributed by atoms with van der Waals surface area (Å²) in [4.78, 5) is 12.7. The molecule has 2 fully saturated rings. The van der Waals surface area contributed by atoms with Crippen molar-refractivity contribution in [2.45, 2.75) is 91.5 Å². The van der Waals surface area contributed by atoms with Crippen molar-refractivity contribution in [3.05, 3.63) is 0 Å². The topological polar surface area (TPSA) is 26.3 Å². The number of Topliss-reactive ketones (excluding diaryl/α,β-unsaturated/α-hetero) is 1. The van der Waals surface area contributed by atoms with E-state index in [1.807, 2.05) is 0 Å². The highest BCUT2D eigenvalue weighted by Crippen LogP contribution is 2.59. The minimum Gasteiger partial charge on any atom is -0.413 e. The molecule has 3 heteroatoms. The van der Waals surface area contributed by atoms with Crippen LogP contribution in [0.2, 0.25) is 18.1 Å². The van der Waals surface area contributed by atoms with Gasteiger partial charge in [-0.25, -0.2) is 0 Å². The van der Waals surface area contributed by atoms with E-state index in [4.69, 9.17) is 4.43 Å². The van der Waals surface area contributed by atoms with E-state index in [1.165, 1.54) is 12.8 Å². The molecule has 2 saturated carbocycles. The van der Waals surface area contributed by atoms with E-state index < -0.39 is 8.32 Å². The zero-order valence-corrected chi connectivity index (χ0v) is 16.3. The zero-order chi connectivity index (χ0) is 16.3. The lowest BCUT2D eigenvalue weighted by Crippen LogP contribution is -2.51. The number of carbonyl (C=O) groups excluding carboxylic acids is 1. The van der Waals surface area contributed by atoms with Crippen LogP contribution in [0.4, 0.5) is 0 Å². The summed E-state index contributed by atoms with van der Waals surface area (Å²) in [6, 6.07) is 0. The molecule has 0 aromatic rings. The number of rotatable bonds is 2. The van der Waals surface area contributed by atoms with Gasteiger partial charge in [0.25, 0.3) is 0 Å². The average Bonchev–Trinajstić information content (AvgIpc) is 2.48. The van der Waals surface area contributed by atoms with Crippen LogP contribution in [0, 0.1) is 16.7 Å². The quantitative estimate of drug-likeness (QED) is 0.657. The summed E-state index contributed by atoms with van der Waals surface area (Å²) in [6.07, 6.45) is 4.31. The minimum absolute atomic E-state index is 0.0500. The molecule has 0 aromatic heterocycles. The first kappa shape index (κ1) is 17.2. The molecule has 2 nitrogen and oxygen atoms in total. The number of hydrogen-bond donors (Lipinski definition) is 0. The van der Waals surface area contributed by atoms with Crippen molar-refractivity contribution in [2.75, 3.05) is 0 Å². The van der Waals surface area contributed by atoms with Crippen LogP contribution in [-0.2, 0) is 9.22 Å². The lowest BCUT2D eigenvalue weighted by Gasteiger charge is -2.50. The van der Waals surface area contributed by atoms with Gasteiger partial charge in [0.2, 0.25) is 0 Å². The van der Waals surface area contributed by atoms with E-state index in [0.29, 0.717) is 12.2 Å².